The number of hydrogen-bond acceptors (Lipinski definition) is 7. The van der Waals surface area contributed by atoms with Crippen LogP contribution in [0.1, 0.15) is 15.9 Å². The summed E-state index contributed by atoms with van der Waals surface area (Å²) in [4.78, 5) is 53.8. The van der Waals surface area contributed by atoms with Crippen molar-refractivity contribution in [3.63, 3.8) is 0 Å². The molecule has 0 saturated heterocycles. The fourth-order valence-corrected chi connectivity index (χ4v) is 4.17. The third-order valence-electron chi connectivity index (χ3n) is 6.05. The third kappa shape index (κ3) is 4.94. The number of hydrogen-bond donors (Lipinski definition) is 1. The van der Waals surface area contributed by atoms with E-state index < -0.39 is 23.5 Å². The molecule has 0 aromatic heterocycles. The molecule has 10 nitrogen and oxygen atoms in total. The molecule has 37 heavy (non-hydrogen) atoms. The van der Waals surface area contributed by atoms with Crippen LogP contribution in [0.4, 0.5) is 11.4 Å². The van der Waals surface area contributed by atoms with Crippen LogP contribution in [0.25, 0.3) is 0 Å². The van der Waals surface area contributed by atoms with Crippen LogP contribution in [-0.4, -0.2) is 55.4 Å². The summed E-state index contributed by atoms with van der Waals surface area (Å²) in [7, 11) is 1.55. The summed E-state index contributed by atoms with van der Waals surface area (Å²) in [6, 6.07) is 18.6. The number of carbonyl (C=O) groups excluding carboxylic acids is 4. The number of amides is 3. The Labute approximate surface area is 212 Å². The second-order valence-corrected chi connectivity index (χ2v) is 8.45. The lowest BCUT2D eigenvalue weighted by Crippen LogP contribution is -2.45. The monoisotopic (exact) mass is 501 g/mol. The number of fused-ring (bicyclic) bond motifs is 2. The van der Waals surface area contributed by atoms with E-state index in [1.54, 1.807) is 73.8 Å². The minimum absolute atomic E-state index is 0.106. The molecule has 3 amide bonds. The molecule has 0 bridgehead atoms. The zero-order valence-corrected chi connectivity index (χ0v) is 19.9. The van der Waals surface area contributed by atoms with Crippen molar-refractivity contribution in [1.29, 1.82) is 0 Å². The van der Waals surface area contributed by atoms with E-state index in [-0.39, 0.29) is 32.0 Å². The highest BCUT2D eigenvalue weighted by Crippen LogP contribution is 2.34. The van der Waals surface area contributed by atoms with Gasteiger partial charge in [0.15, 0.2) is 11.5 Å². The third-order valence-corrected chi connectivity index (χ3v) is 6.05. The average molecular weight is 501 g/mol. The molecule has 0 fully saturated rings. The van der Waals surface area contributed by atoms with E-state index in [0.29, 0.717) is 28.6 Å². The second kappa shape index (κ2) is 10.0. The molecule has 10 heteroatoms. The van der Waals surface area contributed by atoms with Gasteiger partial charge in [0.05, 0.1) is 18.4 Å². The first-order valence-electron chi connectivity index (χ1n) is 11.5. The number of nitrogens with one attached hydrogen (secondary N) is 1. The number of methoxy groups -OCH3 is 1. The Kier molecular flexibility index (Phi) is 6.46. The van der Waals surface area contributed by atoms with E-state index in [1.165, 1.54) is 4.90 Å². The first-order chi connectivity index (χ1) is 17.9. The van der Waals surface area contributed by atoms with Crippen LogP contribution in [0.2, 0.25) is 0 Å². The van der Waals surface area contributed by atoms with Crippen molar-refractivity contribution in [1.82, 2.24) is 4.90 Å². The van der Waals surface area contributed by atoms with Gasteiger partial charge in [0.2, 0.25) is 18.6 Å². The van der Waals surface area contributed by atoms with Crippen LogP contribution in [-0.2, 0) is 20.9 Å². The van der Waals surface area contributed by atoms with E-state index in [9.17, 15) is 19.2 Å². The molecule has 0 atom stereocenters. The molecule has 0 spiro atoms. The maximum atomic E-state index is 13.4. The zero-order valence-electron chi connectivity index (χ0n) is 19.9. The Morgan fingerprint density at radius 2 is 1.76 bits per heavy atom. The van der Waals surface area contributed by atoms with Crippen molar-refractivity contribution >= 4 is 34.9 Å². The Bertz CT molecular complexity index is 1390. The predicted octanol–water partition coefficient (Wildman–Crippen LogP) is 2.62. The molecule has 3 aromatic carbocycles. The van der Waals surface area contributed by atoms with Gasteiger partial charge in [-0.05, 0) is 42.0 Å². The summed E-state index contributed by atoms with van der Waals surface area (Å²) in [6.45, 7) is -0.446. The first kappa shape index (κ1) is 23.9. The van der Waals surface area contributed by atoms with Crippen LogP contribution in [0.3, 0.4) is 0 Å². The summed E-state index contributed by atoms with van der Waals surface area (Å²) >= 11 is 0. The molecular weight excluding hydrogens is 478 g/mol. The number of carbonyl (C=O) groups is 4. The van der Waals surface area contributed by atoms with Gasteiger partial charge in [-0.15, -0.1) is 0 Å². The number of nitrogens with zero attached hydrogens (tertiary/aromatic N) is 2. The van der Waals surface area contributed by atoms with Crippen LogP contribution in [0.5, 0.6) is 17.2 Å². The maximum Gasteiger partial charge on any atom is 0.299 e. The molecule has 0 radical (unpaired) electrons. The minimum Gasteiger partial charge on any atom is -0.497 e. The lowest BCUT2D eigenvalue weighted by Gasteiger charge is -2.25. The summed E-state index contributed by atoms with van der Waals surface area (Å²) < 4.78 is 15.8. The summed E-state index contributed by atoms with van der Waals surface area (Å²) in [6.07, 6.45) is 0. The topological polar surface area (TPSA) is 114 Å². The number of benzene rings is 3. The average Bonchev–Trinajstić information content (AvgIpc) is 3.47. The van der Waals surface area contributed by atoms with Crippen molar-refractivity contribution in [2.75, 3.05) is 37.2 Å². The van der Waals surface area contributed by atoms with E-state index in [0.717, 1.165) is 10.5 Å². The molecule has 5 rings (SSSR count). The number of ether oxygens (including phenoxy) is 3. The van der Waals surface area contributed by atoms with Crippen LogP contribution in [0, 0.1) is 0 Å². The van der Waals surface area contributed by atoms with Crippen LogP contribution in [0.15, 0.2) is 66.7 Å². The molecule has 2 aliphatic heterocycles. The van der Waals surface area contributed by atoms with Gasteiger partial charge in [0, 0.05) is 18.3 Å². The Morgan fingerprint density at radius 1 is 1.00 bits per heavy atom. The largest absolute Gasteiger partial charge is 0.497 e. The molecule has 1 N–H and O–H groups in total. The number of para-hydroxylation sites is 1. The Morgan fingerprint density at radius 3 is 2.54 bits per heavy atom. The van der Waals surface area contributed by atoms with Gasteiger partial charge in [-0.25, -0.2) is 0 Å². The lowest BCUT2D eigenvalue weighted by molar-refractivity contribution is -0.134. The Balaban J connectivity index is 1.34. The smallest absolute Gasteiger partial charge is 0.299 e. The van der Waals surface area contributed by atoms with E-state index in [2.05, 4.69) is 5.32 Å². The molecule has 2 aliphatic rings. The highest BCUT2D eigenvalue weighted by atomic mass is 16.7. The van der Waals surface area contributed by atoms with E-state index >= 15 is 0 Å². The molecule has 0 unspecified atom stereocenters. The summed E-state index contributed by atoms with van der Waals surface area (Å²) in [5.41, 5.74) is 1.87. The molecule has 3 aromatic rings. The summed E-state index contributed by atoms with van der Waals surface area (Å²) in [5, 5.41) is 2.76. The minimum atomic E-state index is -0.774. The van der Waals surface area contributed by atoms with Gasteiger partial charge in [-0.1, -0.05) is 24.3 Å². The number of ketones is 1. The maximum absolute atomic E-state index is 13.4. The normalized spacial score (nSPS) is 13.4. The van der Waals surface area contributed by atoms with Crippen molar-refractivity contribution in [2.24, 2.45) is 0 Å². The molecule has 0 aliphatic carbocycles. The first-order valence-corrected chi connectivity index (χ1v) is 11.5. The SMILES string of the molecule is COc1ccc(CN(CC(=O)Nc2ccc3c(c2)OCO3)C(=O)CN2C(=O)C(=O)c3ccccc32)cc1. The number of anilines is 2. The van der Waals surface area contributed by atoms with Gasteiger partial charge in [-0.3, -0.25) is 24.1 Å². The van der Waals surface area contributed by atoms with E-state index in [4.69, 9.17) is 14.2 Å². The van der Waals surface area contributed by atoms with Gasteiger partial charge in [0.25, 0.3) is 11.7 Å². The number of rotatable bonds is 8. The molecule has 2 heterocycles. The highest BCUT2D eigenvalue weighted by Gasteiger charge is 2.37. The number of Topliss-reactive ketones (excluding diaryl/α,β-unsaturated/α-hetero) is 1. The van der Waals surface area contributed by atoms with Gasteiger partial charge < -0.3 is 24.4 Å². The quantitative estimate of drug-likeness (QED) is 0.472. The molecule has 0 saturated carbocycles. The van der Waals surface area contributed by atoms with Crippen molar-refractivity contribution < 1.29 is 33.4 Å². The fourth-order valence-electron chi connectivity index (χ4n) is 4.17. The van der Waals surface area contributed by atoms with Gasteiger partial charge in [-0.2, -0.15) is 0 Å². The summed E-state index contributed by atoms with van der Waals surface area (Å²) in [5.74, 6) is -0.618. The van der Waals surface area contributed by atoms with Gasteiger partial charge in [0.1, 0.15) is 18.8 Å². The highest BCUT2D eigenvalue weighted by molar-refractivity contribution is 6.52. The predicted molar refractivity (Wildman–Crippen MR) is 133 cm³/mol. The standard InChI is InChI=1S/C27H23N3O7/c1-35-19-9-6-17(7-10-19)13-29(14-24(31)28-18-8-11-22-23(12-18)37-16-36-22)25(32)15-30-21-5-3-2-4-20(21)26(33)27(30)34/h2-12H,13-16H2,1H3,(H,28,31). The van der Waals surface area contributed by atoms with Crippen molar-refractivity contribution in [3.05, 3.63) is 77.9 Å². The van der Waals surface area contributed by atoms with Crippen molar-refractivity contribution in [3.8, 4) is 17.2 Å². The second-order valence-electron chi connectivity index (χ2n) is 8.45. The van der Waals surface area contributed by atoms with Crippen LogP contribution >= 0.6 is 0 Å². The van der Waals surface area contributed by atoms with E-state index in [1.807, 2.05) is 0 Å². The van der Waals surface area contributed by atoms with Crippen molar-refractivity contribution in [2.45, 2.75) is 6.54 Å². The fraction of sp³-hybridized carbons (Fsp3) is 0.185. The molecular formula is C27H23N3O7. The zero-order chi connectivity index (χ0) is 25.9. The van der Waals surface area contributed by atoms with Gasteiger partial charge >= 0.3 is 0 Å². The Hall–Kier alpha value is -4.86. The molecule has 188 valence electrons. The van der Waals surface area contributed by atoms with Crippen LogP contribution < -0.4 is 24.4 Å². The lowest BCUT2D eigenvalue weighted by atomic mass is 10.1.